The molecule has 3 aromatic rings. The van der Waals surface area contributed by atoms with Gasteiger partial charge >= 0.3 is 6.36 Å². The maximum Gasteiger partial charge on any atom is 0.573 e. The van der Waals surface area contributed by atoms with Gasteiger partial charge in [0.15, 0.2) is 5.82 Å². The fraction of sp³-hybridized carbons (Fsp3) is 0.333. The topological polar surface area (TPSA) is 93.3 Å². The standard InChI is InChI=1S/C21H23F3N4O2/c1-12(2)9-13(25)11-26-19-15-5-3-4-6-17(15)27-20(28-19)16-10-14(7-8-18(16)29)30-21(22,23)24/h3-8,10,12-13,29H,9,11,25H2,1-2H3,(H,26,27,28)/t13-/m0/s1. The molecule has 0 unspecified atom stereocenters. The fourth-order valence-electron chi connectivity index (χ4n) is 3.14. The number of hydrogen-bond acceptors (Lipinski definition) is 6. The number of phenols is 1. The van der Waals surface area contributed by atoms with Gasteiger partial charge in [-0.2, -0.15) is 0 Å². The lowest BCUT2D eigenvalue weighted by molar-refractivity contribution is -0.274. The number of fused-ring (bicyclic) bond motifs is 1. The molecule has 2 aromatic carbocycles. The molecule has 0 spiro atoms. The Balaban J connectivity index is 2.00. The minimum absolute atomic E-state index is 0.0250. The zero-order chi connectivity index (χ0) is 21.9. The quantitative estimate of drug-likeness (QED) is 0.514. The van der Waals surface area contributed by atoms with Crippen LogP contribution in [-0.2, 0) is 0 Å². The zero-order valence-corrected chi connectivity index (χ0v) is 16.6. The van der Waals surface area contributed by atoms with E-state index in [4.69, 9.17) is 5.73 Å². The van der Waals surface area contributed by atoms with Crippen molar-refractivity contribution >= 4 is 16.7 Å². The van der Waals surface area contributed by atoms with Crippen LogP contribution in [0.2, 0.25) is 0 Å². The Morgan fingerprint density at radius 3 is 2.57 bits per heavy atom. The number of para-hydroxylation sites is 1. The van der Waals surface area contributed by atoms with Crippen LogP contribution in [-0.4, -0.2) is 34.0 Å². The van der Waals surface area contributed by atoms with Crippen LogP contribution in [0.25, 0.3) is 22.3 Å². The number of benzene rings is 2. The summed E-state index contributed by atoms with van der Waals surface area (Å²) in [5, 5.41) is 14.2. The largest absolute Gasteiger partial charge is 0.573 e. The summed E-state index contributed by atoms with van der Waals surface area (Å²) in [6, 6.07) is 10.3. The highest BCUT2D eigenvalue weighted by Gasteiger charge is 2.31. The average molecular weight is 420 g/mol. The minimum atomic E-state index is -4.85. The van der Waals surface area contributed by atoms with Gasteiger partial charge in [0.1, 0.15) is 17.3 Å². The molecule has 0 radical (unpaired) electrons. The molecule has 0 aliphatic heterocycles. The van der Waals surface area contributed by atoms with E-state index in [0.717, 1.165) is 30.0 Å². The third kappa shape index (κ3) is 5.50. The van der Waals surface area contributed by atoms with Gasteiger partial charge in [-0.05, 0) is 42.7 Å². The van der Waals surface area contributed by atoms with Gasteiger partial charge in [-0.1, -0.05) is 26.0 Å². The first-order valence-electron chi connectivity index (χ1n) is 9.47. The number of alkyl halides is 3. The van der Waals surface area contributed by atoms with E-state index in [1.54, 1.807) is 12.1 Å². The highest BCUT2D eigenvalue weighted by Crippen LogP contribution is 2.34. The van der Waals surface area contributed by atoms with Gasteiger partial charge in [0.2, 0.25) is 0 Å². The van der Waals surface area contributed by atoms with E-state index in [-0.39, 0.29) is 23.2 Å². The van der Waals surface area contributed by atoms with E-state index < -0.39 is 12.1 Å². The maximum atomic E-state index is 12.6. The number of nitrogens with one attached hydrogen (secondary N) is 1. The molecular formula is C21H23F3N4O2. The second-order valence-electron chi connectivity index (χ2n) is 7.41. The van der Waals surface area contributed by atoms with Crippen molar-refractivity contribution in [3.8, 4) is 22.9 Å². The summed E-state index contributed by atoms with van der Waals surface area (Å²) in [4.78, 5) is 8.85. The summed E-state index contributed by atoms with van der Waals surface area (Å²) in [7, 11) is 0. The molecule has 6 nitrogen and oxygen atoms in total. The van der Waals surface area contributed by atoms with Crippen LogP contribution in [0, 0.1) is 5.92 Å². The Kier molecular flexibility index (Phi) is 6.31. The van der Waals surface area contributed by atoms with Crippen molar-refractivity contribution < 1.29 is 23.0 Å². The van der Waals surface area contributed by atoms with Crippen molar-refractivity contribution in [3.05, 3.63) is 42.5 Å². The van der Waals surface area contributed by atoms with Crippen molar-refractivity contribution in [2.75, 3.05) is 11.9 Å². The number of phenolic OH excluding ortho intramolecular Hbond substituents is 1. The van der Waals surface area contributed by atoms with Gasteiger partial charge in [-0.25, -0.2) is 9.97 Å². The Labute approximate surface area is 171 Å². The number of aromatic nitrogens is 2. The van der Waals surface area contributed by atoms with E-state index in [2.05, 4.69) is 33.9 Å². The molecule has 1 aromatic heterocycles. The minimum Gasteiger partial charge on any atom is -0.507 e. The van der Waals surface area contributed by atoms with Gasteiger partial charge in [-0.15, -0.1) is 13.2 Å². The van der Waals surface area contributed by atoms with Crippen molar-refractivity contribution in [1.29, 1.82) is 0 Å². The SMILES string of the molecule is CC(C)C[C@H](N)CNc1nc(-c2cc(OC(F)(F)F)ccc2O)nc2ccccc12. The number of nitrogens with zero attached hydrogens (tertiary/aromatic N) is 2. The zero-order valence-electron chi connectivity index (χ0n) is 16.6. The van der Waals surface area contributed by atoms with Crippen LogP contribution < -0.4 is 15.8 Å². The van der Waals surface area contributed by atoms with Gasteiger partial charge < -0.3 is 20.9 Å². The molecule has 0 amide bonds. The van der Waals surface area contributed by atoms with Gasteiger partial charge in [0, 0.05) is 18.0 Å². The molecule has 0 saturated heterocycles. The highest BCUT2D eigenvalue weighted by atomic mass is 19.4. The molecule has 160 valence electrons. The molecule has 3 rings (SSSR count). The molecular weight excluding hydrogens is 397 g/mol. The first-order chi connectivity index (χ1) is 14.1. The number of nitrogens with two attached hydrogens (primary N) is 1. The molecule has 0 bridgehead atoms. The van der Waals surface area contributed by atoms with E-state index in [1.807, 2.05) is 12.1 Å². The predicted molar refractivity (Wildman–Crippen MR) is 109 cm³/mol. The number of halogens is 3. The van der Waals surface area contributed by atoms with Crippen molar-refractivity contribution in [3.63, 3.8) is 0 Å². The van der Waals surface area contributed by atoms with Crippen LogP contribution >= 0.6 is 0 Å². The summed E-state index contributed by atoms with van der Waals surface area (Å²) >= 11 is 0. The van der Waals surface area contributed by atoms with Crippen LogP contribution in [0.1, 0.15) is 20.3 Å². The molecule has 1 atom stereocenters. The van der Waals surface area contributed by atoms with Gasteiger partial charge in [0.05, 0.1) is 11.1 Å². The Morgan fingerprint density at radius 2 is 1.87 bits per heavy atom. The smallest absolute Gasteiger partial charge is 0.507 e. The average Bonchev–Trinajstić information content (AvgIpc) is 2.65. The molecule has 0 fully saturated rings. The summed E-state index contributed by atoms with van der Waals surface area (Å²) in [5.74, 6) is 0.255. The Morgan fingerprint density at radius 1 is 1.13 bits per heavy atom. The van der Waals surface area contributed by atoms with Crippen LogP contribution in [0.15, 0.2) is 42.5 Å². The lowest BCUT2D eigenvalue weighted by Crippen LogP contribution is -2.30. The molecule has 0 saturated carbocycles. The van der Waals surface area contributed by atoms with Gasteiger partial charge in [0.25, 0.3) is 0 Å². The van der Waals surface area contributed by atoms with E-state index in [0.29, 0.717) is 23.8 Å². The first kappa shape index (κ1) is 21.6. The third-order valence-electron chi connectivity index (χ3n) is 4.35. The van der Waals surface area contributed by atoms with E-state index in [9.17, 15) is 18.3 Å². The lowest BCUT2D eigenvalue weighted by Gasteiger charge is -2.17. The summed E-state index contributed by atoms with van der Waals surface area (Å²) in [5.41, 5.74) is 6.75. The first-order valence-corrected chi connectivity index (χ1v) is 9.47. The van der Waals surface area contributed by atoms with Crippen molar-refractivity contribution in [1.82, 2.24) is 9.97 Å². The predicted octanol–water partition coefficient (Wildman–Crippen LogP) is 4.69. The second kappa shape index (κ2) is 8.74. The molecule has 30 heavy (non-hydrogen) atoms. The molecule has 4 N–H and O–H groups in total. The van der Waals surface area contributed by atoms with E-state index >= 15 is 0 Å². The normalized spacial score (nSPS) is 12.9. The number of rotatable bonds is 7. The number of aromatic hydroxyl groups is 1. The molecule has 9 heteroatoms. The maximum absolute atomic E-state index is 12.6. The molecule has 0 aliphatic carbocycles. The van der Waals surface area contributed by atoms with Crippen molar-refractivity contribution in [2.24, 2.45) is 11.7 Å². The summed E-state index contributed by atoms with van der Waals surface area (Å²) < 4.78 is 41.7. The second-order valence-corrected chi connectivity index (χ2v) is 7.41. The van der Waals surface area contributed by atoms with Crippen LogP contribution in [0.3, 0.4) is 0 Å². The molecule has 0 aliphatic rings. The number of ether oxygens (including phenoxy) is 1. The van der Waals surface area contributed by atoms with Gasteiger partial charge in [-0.3, -0.25) is 0 Å². The van der Waals surface area contributed by atoms with Crippen LogP contribution in [0.5, 0.6) is 11.5 Å². The summed E-state index contributed by atoms with van der Waals surface area (Å²) in [6.07, 6.45) is -4.03. The third-order valence-corrected chi connectivity index (χ3v) is 4.35. The fourth-order valence-corrected chi connectivity index (χ4v) is 3.14. The Bertz CT molecular complexity index is 1020. The van der Waals surface area contributed by atoms with Crippen LogP contribution in [0.4, 0.5) is 19.0 Å². The lowest BCUT2D eigenvalue weighted by atomic mass is 10.0. The molecule has 1 heterocycles. The summed E-state index contributed by atoms with van der Waals surface area (Å²) in [6.45, 7) is 4.62. The monoisotopic (exact) mass is 420 g/mol. The van der Waals surface area contributed by atoms with E-state index in [1.165, 1.54) is 0 Å². The number of anilines is 1. The highest BCUT2D eigenvalue weighted by molar-refractivity contribution is 5.91. The number of hydrogen-bond donors (Lipinski definition) is 3. The Hall–Kier alpha value is -3.07. The van der Waals surface area contributed by atoms with Crippen molar-refractivity contribution in [2.45, 2.75) is 32.7 Å².